The van der Waals surface area contributed by atoms with Crippen LogP contribution in [0, 0.1) is 6.92 Å². The zero-order valence-corrected chi connectivity index (χ0v) is 16.1. The Morgan fingerprint density at radius 3 is 2.33 bits per heavy atom. The normalized spacial score (nSPS) is 10.1. The third kappa shape index (κ3) is 4.25. The molecule has 3 aromatic rings. The first-order valence-electron chi connectivity index (χ1n) is 6.91. The zero-order chi connectivity index (χ0) is 15.2. The Bertz CT molecular complexity index is 699. The van der Waals surface area contributed by atoms with Crippen molar-refractivity contribution < 1.29 is 20.8 Å². The van der Waals surface area contributed by atoms with Crippen molar-refractivity contribution >= 4 is 27.8 Å². The predicted octanol–water partition coefficient (Wildman–Crippen LogP) is 6.47. The molecule has 0 saturated heterocycles. The van der Waals surface area contributed by atoms with Gasteiger partial charge in [-0.3, -0.25) is 0 Å². The summed E-state index contributed by atoms with van der Waals surface area (Å²) in [5.74, 6) is 0. The van der Waals surface area contributed by atoms with Crippen LogP contribution in [-0.4, -0.2) is 0 Å². The van der Waals surface area contributed by atoms with Gasteiger partial charge in [0.25, 0.3) is 0 Å². The van der Waals surface area contributed by atoms with E-state index in [0.29, 0.717) is 0 Å². The molecule has 0 aliphatic rings. The monoisotopic (exact) mass is 393 g/mol. The van der Waals surface area contributed by atoms with Crippen molar-refractivity contribution in [3.63, 3.8) is 0 Å². The second-order valence-electron chi connectivity index (χ2n) is 4.96. The van der Waals surface area contributed by atoms with Crippen molar-refractivity contribution in [1.29, 1.82) is 0 Å². The van der Waals surface area contributed by atoms with Crippen LogP contribution in [0.2, 0.25) is 0 Å². The van der Waals surface area contributed by atoms with Crippen molar-refractivity contribution in [2.24, 2.45) is 0 Å². The van der Waals surface area contributed by atoms with Crippen LogP contribution in [0.4, 0.5) is 0 Å². The van der Waals surface area contributed by atoms with E-state index in [1.807, 2.05) is 0 Å². The molecule has 0 heterocycles. The molecule has 0 atom stereocenters. The molecule has 108 valence electrons. The molecule has 0 N–H and O–H groups in total. The maximum atomic E-state index is 4.93. The van der Waals surface area contributed by atoms with E-state index >= 15 is 0 Å². The van der Waals surface area contributed by atoms with Gasteiger partial charge >= 0.3 is 37.9 Å². The van der Waals surface area contributed by atoms with E-state index in [1.165, 1.54) is 33.0 Å². The van der Waals surface area contributed by atoms with E-state index in [1.54, 1.807) is 0 Å². The first-order valence-corrected chi connectivity index (χ1v) is 13.2. The summed E-state index contributed by atoms with van der Waals surface area (Å²) in [5.41, 5.74) is 5.37. The number of aryl methyl sites for hydroxylation is 2. The third-order valence-corrected chi connectivity index (χ3v) is 3.57. The molecule has 0 bridgehead atoms. The number of hydrogen-bond donors (Lipinski definition) is 0. The summed E-state index contributed by atoms with van der Waals surface area (Å²) in [7, 11) is 9.87. The van der Waals surface area contributed by atoms with Gasteiger partial charge in [0.2, 0.25) is 0 Å². The molecule has 0 aliphatic carbocycles. The Kier molecular flexibility index (Phi) is 6.61. The molecular weight excluding hydrogens is 378 g/mol. The van der Waals surface area contributed by atoms with Gasteiger partial charge in [-0.15, -0.1) is 34.5 Å². The first kappa shape index (κ1) is 16.9. The van der Waals surface area contributed by atoms with Crippen LogP contribution in [0.5, 0.6) is 0 Å². The van der Waals surface area contributed by atoms with Gasteiger partial charge in [0.05, 0.1) is 0 Å². The van der Waals surface area contributed by atoms with Gasteiger partial charge in [0.15, 0.2) is 0 Å². The molecule has 0 amide bonds. The van der Waals surface area contributed by atoms with Crippen molar-refractivity contribution in [3.8, 4) is 11.1 Å². The molecular formula is C18H17Cl2Zr-. The fraction of sp³-hybridized carbons (Fsp3) is 0.167. The van der Waals surface area contributed by atoms with Gasteiger partial charge in [-0.2, -0.15) is 6.07 Å². The Balaban J connectivity index is 0.000000497. The second-order valence-corrected chi connectivity index (χ2v) is 8.69. The molecule has 0 aromatic heterocycles. The fourth-order valence-electron chi connectivity index (χ4n) is 2.56. The molecule has 21 heavy (non-hydrogen) atoms. The SMILES string of the molecule is CCc1ccc(-c2cccc3[cH-]c(C)cc23)cc1.[Cl][Zr][Cl]. The van der Waals surface area contributed by atoms with Gasteiger partial charge in [0, 0.05) is 0 Å². The molecule has 0 aliphatic heterocycles. The van der Waals surface area contributed by atoms with Crippen LogP contribution in [0.1, 0.15) is 18.1 Å². The Morgan fingerprint density at radius 2 is 1.71 bits per heavy atom. The zero-order valence-electron chi connectivity index (χ0n) is 12.2. The van der Waals surface area contributed by atoms with Crippen LogP contribution in [0.3, 0.4) is 0 Å². The summed E-state index contributed by atoms with van der Waals surface area (Å²) in [6, 6.07) is 20.0. The summed E-state index contributed by atoms with van der Waals surface area (Å²) >= 11 is -0.826. The fourth-order valence-corrected chi connectivity index (χ4v) is 2.56. The topological polar surface area (TPSA) is 0 Å². The van der Waals surface area contributed by atoms with Gasteiger partial charge in [0.1, 0.15) is 0 Å². The number of rotatable bonds is 2. The molecule has 3 aromatic carbocycles. The molecule has 0 unspecified atom stereocenters. The summed E-state index contributed by atoms with van der Waals surface area (Å²) in [6.07, 6.45) is 1.10. The molecule has 0 nitrogen and oxygen atoms in total. The molecule has 3 rings (SSSR count). The van der Waals surface area contributed by atoms with Gasteiger partial charge in [-0.1, -0.05) is 49.7 Å². The first-order chi connectivity index (χ1) is 10.2. The molecule has 0 radical (unpaired) electrons. The van der Waals surface area contributed by atoms with E-state index in [4.69, 9.17) is 17.0 Å². The van der Waals surface area contributed by atoms with E-state index in [2.05, 4.69) is 68.4 Å². The quantitative estimate of drug-likeness (QED) is 0.436. The average molecular weight is 395 g/mol. The van der Waals surface area contributed by atoms with Crippen LogP contribution in [-0.2, 0) is 27.3 Å². The Morgan fingerprint density at radius 1 is 1.05 bits per heavy atom. The second kappa shape index (κ2) is 8.23. The van der Waals surface area contributed by atoms with E-state index in [9.17, 15) is 0 Å². The van der Waals surface area contributed by atoms with Gasteiger partial charge in [-0.05, 0) is 17.5 Å². The average Bonchev–Trinajstić information content (AvgIpc) is 2.88. The summed E-state index contributed by atoms with van der Waals surface area (Å²) in [4.78, 5) is 0. The summed E-state index contributed by atoms with van der Waals surface area (Å²) < 4.78 is 0. The van der Waals surface area contributed by atoms with Crippen LogP contribution >= 0.6 is 17.0 Å². The Labute approximate surface area is 145 Å². The van der Waals surface area contributed by atoms with Crippen LogP contribution in [0.25, 0.3) is 21.9 Å². The summed E-state index contributed by atoms with van der Waals surface area (Å²) in [6.45, 7) is 4.35. The van der Waals surface area contributed by atoms with E-state index in [-0.39, 0.29) is 0 Å². The molecule has 3 heteroatoms. The number of benzene rings is 2. The minimum atomic E-state index is -0.826. The number of fused-ring (bicyclic) bond motifs is 1. The van der Waals surface area contributed by atoms with Crippen molar-refractivity contribution in [3.05, 3.63) is 65.7 Å². The van der Waals surface area contributed by atoms with Crippen molar-refractivity contribution in [2.75, 3.05) is 0 Å². The van der Waals surface area contributed by atoms with E-state index in [0.717, 1.165) is 6.42 Å². The van der Waals surface area contributed by atoms with Crippen molar-refractivity contribution in [1.82, 2.24) is 0 Å². The predicted molar refractivity (Wildman–Crippen MR) is 90.8 cm³/mol. The standard InChI is InChI=1S/C18H17.2ClH.Zr/c1-3-14-7-9-15(10-8-14)17-6-4-5-16-11-13(2)12-18(16)17;;;/h4-12H,3H2,1-2H3;2*1H;/q-1;;;+2/p-2. The number of hydrogen-bond acceptors (Lipinski definition) is 0. The van der Waals surface area contributed by atoms with Gasteiger partial charge < -0.3 is 0 Å². The minimum absolute atomic E-state index is 0.826. The van der Waals surface area contributed by atoms with Crippen LogP contribution < -0.4 is 0 Å². The van der Waals surface area contributed by atoms with Crippen LogP contribution in [0.15, 0.2) is 54.6 Å². The molecule has 0 saturated carbocycles. The van der Waals surface area contributed by atoms with Gasteiger partial charge in [-0.25, -0.2) is 0 Å². The van der Waals surface area contributed by atoms with Crippen molar-refractivity contribution in [2.45, 2.75) is 20.3 Å². The molecule has 0 spiro atoms. The number of halogens is 2. The Hall–Kier alpha value is -0.487. The van der Waals surface area contributed by atoms with E-state index < -0.39 is 20.8 Å². The maximum absolute atomic E-state index is 4.93. The summed E-state index contributed by atoms with van der Waals surface area (Å²) in [5, 5.41) is 2.70. The third-order valence-electron chi connectivity index (χ3n) is 3.57. The molecule has 0 fully saturated rings.